The molecule has 0 unspecified atom stereocenters. The smallest absolute Gasteiger partial charge is 0.306 e. The van der Waals surface area contributed by atoms with E-state index < -0.39 is 5.97 Å². The maximum Gasteiger partial charge on any atom is 0.306 e. The lowest BCUT2D eigenvalue weighted by atomic mass is 9.76. The minimum atomic E-state index is -0.555. The van der Waals surface area contributed by atoms with Crippen LogP contribution in [0, 0.1) is 11.8 Å². The van der Waals surface area contributed by atoms with Crippen molar-refractivity contribution in [2.24, 2.45) is 11.8 Å². The number of unbranched alkanes of at least 4 members (excludes halogenated alkanes) is 5. The molecule has 1 aliphatic rings. The Morgan fingerprint density at radius 2 is 1.71 bits per heavy atom. The van der Waals surface area contributed by atoms with Crippen molar-refractivity contribution in [2.45, 2.75) is 77.6 Å². The quantitative estimate of drug-likeness (QED) is 0.628. The maximum atomic E-state index is 11.1. The van der Waals surface area contributed by atoms with Crippen molar-refractivity contribution < 1.29 is 9.90 Å². The van der Waals surface area contributed by atoms with Gasteiger partial charge in [0, 0.05) is 0 Å². The van der Waals surface area contributed by atoms with Crippen molar-refractivity contribution >= 4 is 5.97 Å². The third-order valence-electron chi connectivity index (χ3n) is 4.15. The number of hydrogen-bond donors (Lipinski definition) is 1. The second-order valence-corrected chi connectivity index (χ2v) is 5.55. The average molecular weight is 240 g/mol. The van der Waals surface area contributed by atoms with Crippen LogP contribution in [0.4, 0.5) is 0 Å². The molecule has 0 aromatic rings. The van der Waals surface area contributed by atoms with Gasteiger partial charge in [0.05, 0.1) is 5.92 Å². The normalized spacial score (nSPS) is 24.8. The summed E-state index contributed by atoms with van der Waals surface area (Å²) in [6.07, 6.45) is 13.4. The standard InChI is InChI=1S/C15H28O2/c1-2-3-4-5-6-7-10-13-11-8-9-12-14(13)15(16)17/h13-14H,2-12H2,1H3,(H,16,17)/t13-,14+/m0/s1. The van der Waals surface area contributed by atoms with Crippen molar-refractivity contribution in [3.05, 3.63) is 0 Å². The molecule has 1 saturated carbocycles. The van der Waals surface area contributed by atoms with Crippen LogP contribution in [0.25, 0.3) is 0 Å². The van der Waals surface area contributed by atoms with Crippen LogP contribution >= 0.6 is 0 Å². The first-order chi connectivity index (χ1) is 8.25. The molecule has 0 spiro atoms. The Morgan fingerprint density at radius 1 is 1.06 bits per heavy atom. The molecule has 2 nitrogen and oxygen atoms in total. The Morgan fingerprint density at radius 3 is 2.41 bits per heavy atom. The number of carboxylic acid groups (broad SMARTS) is 1. The highest BCUT2D eigenvalue weighted by molar-refractivity contribution is 5.70. The molecule has 1 fully saturated rings. The Hall–Kier alpha value is -0.530. The number of carbonyl (C=O) groups is 1. The summed E-state index contributed by atoms with van der Waals surface area (Å²) in [4.78, 5) is 11.1. The van der Waals surface area contributed by atoms with Crippen molar-refractivity contribution in [2.75, 3.05) is 0 Å². The van der Waals surface area contributed by atoms with Crippen molar-refractivity contribution in [1.82, 2.24) is 0 Å². The molecule has 0 bridgehead atoms. The van der Waals surface area contributed by atoms with Gasteiger partial charge in [-0.25, -0.2) is 0 Å². The molecule has 1 aliphatic carbocycles. The van der Waals surface area contributed by atoms with E-state index in [1.165, 1.54) is 44.9 Å². The van der Waals surface area contributed by atoms with Crippen molar-refractivity contribution in [3.63, 3.8) is 0 Å². The molecular weight excluding hydrogens is 212 g/mol. The lowest BCUT2D eigenvalue weighted by molar-refractivity contribution is -0.145. The molecule has 0 aromatic carbocycles. The molecule has 1 N–H and O–H groups in total. The molecule has 0 aliphatic heterocycles. The first-order valence-electron chi connectivity index (χ1n) is 7.48. The van der Waals surface area contributed by atoms with Gasteiger partial charge in [-0.2, -0.15) is 0 Å². The topological polar surface area (TPSA) is 37.3 Å². The van der Waals surface area contributed by atoms with E-state index in [0.29, 0.717) is 5.92 Å². The molecule has 0 amide bonds. The summed E-state index contributed by atoms with van der Waals surface area (Å²) < 4.78 is 0. The highest BCUT2D eigenvalue weighted by Crippen LogP contribution is 2.33. The van der Waals surface area contributed by atoms with E-state index in [4.69, 9.17) is 0 Å². The van der Waals surface area contributed by atoms with Gasteiger partial charge in [0.15, 0.2) is 0 Å². The van der Waals surface area contributed by atoms with E-state index in [9.17, 15) is 9.90 Å². The average Bonchev–Trinajstić information content (AvgIpc) is 2.34. The number of rotatable bonds is 8. The van der Waals surface area contributed by atoms with E-state index in [2.05, 4.69) is 6.92 Å². The Kier molecular flexibility index (Phi) is 7.30. The molecule has 100 valence electrons. The van der Waals surface area contributed by atoms with Gasteiger partial charge < -0.3 is 5.11 Å². The van der Waals surface area contributed by atoms with Crippen LogP contribution in [0.2, 0.25) is 0 Å². The molecule has 0 heterocycles. The first kappa shape index (κ1) is 14.5. The molecule has 2 heteroatoms. The third-order valence-corrected chi connectivity index (χ3v) is 4.15. The van der Waals surface area contributed by atoms with Crippen LogP contribution in [0.5, 0.6) is 0 Å². The zero-order valence-corrected chi connectivity index (χ0v) is 11.3. The molecule has 0 radical (unpaired) electrons. The van der Waals surface area contributed by atoms with Crippen molar-refractivity contribution in [1.29, 1.82) is 0 Å². The fourth-order valence-corrected chi connectivity index (χ4v) is 3.07. The van der Waals surface area contributed by atoms with Gasteiger partial charge in [-0.1, -0.05) is 58.3 Å². The fourth-order valence-electron chi connectivity index (χ4n) is 3.07. The van der Waals surface area contributed by atoms with Crippen LogP contribution in [-0.2, 0) is 4.79 Å². The molecular formula is C15H28O2. The maximum absolute atomic E-state index is 11.1. The van der Waals surface area contributed by atoms with Gasteiger partial charge in [0.25, 0.3) is 0 Å². The third kappa shape index (κ3) is 5.56. The minimum absolute atomic E-state index is 0.0422. The summed E-state index contributed by atoms with van der Waals surface area (Å²) in [5.41, 5.74) is 0. The zero-order valence-electron chi connectivity index (χ0n) is 11.3. The number of aliphatic carboxylic acids is 1. The van der Waals surface area contributed by atoms with Crippen LogP contribution in [-0.4, -0.2) is 11.1 Å². The largest absolute Gasteiger partial charge is 0.481 e. The monoisotopic (exact) mass is 240 g/mol. The number of carboxylic acids is 1. The molecule has 17 heavy (non-hydrogen) atoms. The second kappa shape index (κ2) is 8.54. The molecule has 0 aromatic heterocycles. The summed E-state index contributed by atoms with van der Waals surface area (Å²) in [5.74, 6) is -0.132. The van der Waals surface area contributed by atoms with E-state index in [-0.39, 0.29) is 5.92 Å². The van der Waals surface area contributed by atoms with E-state index >= 15 is 0 Å². The lowest BCUT2D eigenvalue weighted by Gasteiger charge is -2.28. The highest BCUT2D eigenvalue weighted by atomic mass is 16.4. The van der Waals surface area contributed by atoms with Crippen LogP contribution in [0.3, 0.4) is 0 Å². The predicted molar refractivity (Wildman–Crippen MR) is 71.1 cm³/mol. The Bertz CT molecular complexity index is 213. The van der Waals surface area contributed by atoms with Gasteiger partial charge in [-0.05, 0) is 25.2 Å². The van der Waals surface area contributed by atoms with Crippen LogP contribution < -0.4 is 0 Å². The first-order valence-corrected chi connectivity index (χ1v) is 7.48. The minimum Gasteiger partial charge on any atom is -0.481 e. The van der Waals surface area contributed by atoms with Gasteiger partial charge in [-0.15, -0.1) is 0 Å². The van der Waals surface area contributed by atoms with Crippen LogP contribution in [0.1, 0.15) is 77.6 Å². The van der Waals surface area contributed by atoms with E-state index in [0.717, 1.165) is 25.7 Å². The summed E-state index contributed by atoms with van der Waals surface area (Å²) in [5, 5.41) is 9.18. The lowest BCUT2D eigenvalue weighted by Crippen LogP contribution is -2.26. The zero-order chi connectivity index (χ0) is 12.5. The molecule has 1 rings (SSSR count). The highest BCUT2D eigenvalue weighted by Gasteiger charge is 2.29. The van der Waals surface area contributed by atoms with E-state index in [1.807, 2.05) is 0 Å². The van der Waals surface area contributed by atoms with Gasteiger partial charge in [0.1, 0.15) is 0 Å². The van der Waals surface area contributed by atoms with E-state index in [1.54, 1.807) is 0 Å². The molecule has 2 atom stereocenters. The van der Waals surface area contributed by atoms with Gasteiger partial charge in [0.2, 0.25) is 0 Å². The van der Waals surface area contributed by atoms with Gasteiger partial charge in [-0.3, -0.25) is 4.79 Å². The summed E-state index contributed by atoms with van der Waals surface area (Å²) in [7, 11) is 0. The fraction of sp³-hybridized carbons (Fsp3) is 0.933. The Balaban J connectivity index is 2.13. The van der Waals surface area contributed by atoms with Crippen molar-refractivity contribution in [3.8, 4) is 0 Å². The van der Waals surface area contributed by atoms with Gasteiger partial charge >= 0.3 is 5.97 Å². The molecule has 0 saturated heterocycles. The van der Waals surface area contributed by atoms with Crippen LogP contribution in [0.15, 0.2) is 0 Å². The SMILES string of the molecule is CCCCCCCC[C@H]1CCCC[C@H]1C(=O)O. The predicted octanol–water partition coefficient (Wildman–Crippen LogP) is 4.63. The number of hydrogen-bond acceptors (Lipinski definition) is 1. The summed E-state index contributed by atoms with van der Waals surface area (Å²) >= 11 is 0. The second-order valence-electron chi connectivity index (χ2n) is 5.55. The Labute approximate surface area is 106 Å². The summed E-state index contributed by atoms with van der Waals surface area (Å²) in [6, 6.07) is 0. The summed E-state index contributed by atoms with van der Waals surface area (Å²) in [6.45, 7) is 2.24.